The molecule has 0 spiro atoms. The number of benzene rings is 3. The van der Waals surface area contributed by atoms with Crippen molar-refractivity contribution < 1.29 is 33.4 Å². The summed E-state index contributed by atoms with van der Waals surface area (Å²) in [6, 6.07) is 19.1. The summed E-state index contributed by atoms with van der Waals surface area (Å²) in [6.07, 6.45) is 4.11. The standard InChI is InChI=1S/C36H32N6O7S/c1-41-19-23(15-28(41)33(43)39-22-8-9-31-21(12-22)14-32(50-31)35(45)48-3)40-36(46)37-10-11-49-30-17-26-25(16-29(30)47-2)34(44)42-24(18-38-26)13-20-6-4-5-7-27(20)42/h4-9,12,14-19,24H,10-11,13H2,1-3H3,(H,39,43)(H2,37,40,46)/t24-/m0/s1. The number of methoxy groups -OCH3 is 2. The first-order chi connectivity index (χ1) is 24.2. The zero-order chi connectivity index (χ0) is 34.9. The summed E-state index contributed by atoms with van der Waals surface area (Å²) in [4.78, 5) is 58.1. The Morgan fingerprint density at radius 3 is 2.64 bits per heavy atom. The lowest BCUT2D eigenvalue weighted by molar-refractivity contribution is 0.0606. The molecule has 4 amide bonds. The van der Waals surface area contributed by atoms with E-state index < -0.39 is 12.0 Å². The Labute approximate surface area is 290 Å². The highest BCUT2D eigenvalue weighted by Gasteiger charge is 2.36. The minimum absolute atomic E-state index is 0.112. The summed E-state index contributed by atoms with van der Waals surface area (Å²) in [5.41, 5.74) is 4.17. The molecule has 0 saturated carbocycles. The highest BCUT2D eigenvalue weighted by Crippen LogP contribution is 2.40. The predicted molar refractivity (Wildman–Crippen MR) is 191 cm³/mol. The molecule has 2 aliphatic rings. The van der Waals surface area contributed by atoms with Crippen molar-refractivity contribution in [2.45, 2.75) is 12.5 Å². The van der Waals surface area contributed by atoms with E-state index in [1.165, 1.54) is 25.6 Å². The van der Waals surface area contributed by atoms with Crippen LogP contribution in [0.25, 0.3) is 10.1 Å². The number of carbonyl (C=O) groups excluding carboxylic acids is 4. The fourth-order valence-corrected chi connectivity index (χ4v) is 7.03. The van der Waals surface area contributed by atoms with Gasteiger partial charge in [0.05, 0.1) is 43.7 Å². The fourth-order valence-electron chi connectivity index (χ4n) is 6.07. The van der Waals surface area contributed by atoms with Crippen molar-refractivity contribution in [3.05, 3.63) is 94.6 Å². The summed E-state index contributed by atoms with van der Waals surface area (Å²) in [5, 5.41) is 9.13. The smallest absolute Gasteiger partial charge is 0.348 e. The third-order valence-corrected chi connectivity index (χ3v) is 9.53. The molecule has 0 radical (unpaired) electrons. The lowest BCUT2D eigenvalue weighted by Crippen LogP contribution is -2.37. The molecule has 7 rings (SSSR count). The minimum atomic E-state index is -0.486. The molecule has 2 aliphatic heterocycles. The first-order valence-electron chi connectivity index (χ1n) is 15.7. The molecule has 0 saturated heterocycles. The van der Waals surface area contributed by atoms with Gasteiger partial charge < -0.3 is 34.7 Å². The number of hydrogen-bond donors (Lipinski definition) is 3. The molecule has 0 unspecified atom stereocenters. The second-order valence-electron chi connectivity index (χ2n) is 11.6. The third-order valence-electron chi connectivity index (χ3n) is 8.43. The second-order valence-corrected chi connectivity index (χ2v) is 12.7. The molecule has 3 N–H and O–H groups in total. The van der Waals surface area contributed by atoms with Gasteiger partial charge in [-0.15, -0.1) is 11.3 Å². The molecule has 0 fully saturated rings. The van der Waals surface area contributed by atoms with Gasteiger partial charge in [0.25, 0.3) is 11.8 Å². The van der Waals surface area contributed by atoms with Crippen LogP contribution in [0.4, 0.5) is 27.5 Å². The number of para-hydroxylation sites is 1. The van der Waals surface area contributed by atoms with Crippen molar-refractivity contribution in [1.29, 1.82) is 0 Å². The third kappa shape index (κ3) is 6.23. The molecule has 254 valence electrons. The quantitative estimate of drug-likeness (QED) is 0.131. The van der Waals surface area contributed by atoms with E-state index in [9.17, 15) is 19.2 Å². The number of esters is 1. The van der Waals surface area contributed by atoms with Gasteiger partial charge in [-0.3, -0.25) is 19.5 Å². The van der Waals surface area contributed by atoms with Crippen LogP contribution in [0.1, 0.15) is 36.1 Å². The highest BCUT2D eigenvalue weighted by molar-refractivity contribution is 7.20. The molecule has 13 nitrogen and oxygen atoms in total. The van der Waals surface area contributed by atoms with Crippen LogP contribution in [0.3, 0.4) is 0 Å². The number of anilines is 3. The molecule has 0 bridgehead atoms. The van der Waals surface area contributed by atoms with Crippen molar-refractivity contribution in [3.8, 4) is 11.5 Å². The zero-order valence-electron chi connectivity index (χ0n) is 27.3. The Kier molecular flexibility index (Phi) is 8.68. The number of nitrogens with one attached hydrogen (secondary N) is 3. The average molecular weight is 693 g/mol. The van der Waals surface area contributed by atoms with E-state index in [1.54, 1.807) is 65.3 Å². The van der Waals surface area contributed by atoms with Crippen molar-refractivity contribution in [2.75, 3.05) is 42.9 Å². The van der Waals surface area contributed by atoms with Crippen LogP contribution < -0.4 is 30.3 Å². The van der Waals surface area contributed by atoms with Crippen LogP contribution in [-0.2, 0) is 18.2 Å². The molecule has 14 heteroatoms. The summed E-state index contributed by atoms with van der Waals surface area (Å²) in [7, 11) is 4.53. The summed E-state index contributed by atoms with van der Waals surface area (Å²) in [5.74, 6) is -0.181. The summed E-state index contributed by atoms with van der Waals surface area (Å²) in [6.45, 7) is 0.268. The number of ether oxygens (including phenoxy) is 3. The van der Waals surface area contributed by atoms with E-state index >= 15 is 0 Å². The minimum Gasteiger partial charge on any atom is -0.493 e. The Morgan fingerprint density at radius 2 is 1.82 bits per heavy atom. The summed E-state index contributed by atoms with van der Waals surface area (Å²) >= 11 is 1.31. The molecule has 5 aromatic rings. The van der Waals surface area contributed by atoms with Crippen molar-refractivity contribution in [3.63, 3.8) is 0 Å². The largest absolute Gasteiger partial charge is 0.493 e. The van der Waals surface area contributed by atoms with Crippen LogP contribution in [-0.4, -0.2) is 68.0 Å². The summed E-state index contributed by atoms with van der Waals surface area (Å²) < 4.78 is 18.8. The zero-order valence-corrected chi connectivity index (χ0v) is 28.1. The monoisotopic (exact) mass is 692 g/mol. The fraction of sp³-hybridized carbons (Fsp3) is 0.194. The van der Waals surface area contributed by atoms with Crippen molar-refractivity contribution >= 4 is 74.2 Å². The Hall–Kier alpha value is -6.15. The molecule has 1 atom stereocenters. The molecular weight excluding hydrogens is 660 g/mol. The number of hydrogen-bond acceptors (Lipinski definition) is 9. The van der Waals surface area contributed by atoms with Gasteiger partial charge in [0.2, 0.25) is 0 Å². The van der Waals surface area contributed by atoms with Crippen LogP contribution in [0, 0.1) is 0 Å². The van der Waals surface area contributed by atoms with Gasteiger partial charge >= 0.3 is 12.0 Å². The van der Waals surface area contributed by atoms with Gasteiger partial charge in [0.1, 0.15) is 17.2 Å². The van der Waals surface area contributed by atoms with E-state index in [-0.39, 0.29) is 31.0 Å². The van der Waals surface area contributed by atoms with E-state index in [4.69, 9.17) is 14.2 Å². The van der Waals surface area contributed by atoms with Crippen LogP contribution in [0.15, 0.2) is 77.9 Å². The second kappa shape index (κ2) is 13.4. The van der Waals surface area contributed by atoms with Crippen LogP contribution in [0.2, 0.25) is 0 Å². The molecule has 3 aromatic carbocycles. The maximum absolute atomic E-state index is 13.6. The first kappa shape index (κ1) is 32.4. The van der Waals surface area contributed by atoms with Gasteiger partial charge in [-0.05, 0) is 53.4 Å². The van der Waals surface area contributed by atoms with Gasteiger partial charge in [0.15, 0.2) is 11.5 Å². The molecule has 50 heavy (non-hydrogen) atoms. The number of thiophene rings is 1. The maximum atomic E-state index is 13.6. The van der Waals surface area contributed by atoms with E-state index in [1.807, 2.05) is 30.3 Å². The van der Waals surface area contributed by atoms with E-state index in [2.05, 4.69) is 20.9 Å². The van der Waals surface area contributed by atoms with E-state index in [0.29, 0.717) is 51.1 Å². The number of urea groups is 1. The maximum Gasteiger partial charge on any atom is 0.348 e. The van der Waals surface area contributed by atoms with Gasteiger partial charge in [-0.2, -0.15) is 0 Å². The number of aryl methyl sites for hydroxylation is 1. The van der Waals surface area contributed by atoms with Crippen molar-refractivity contribution in [2.24, 2.45) is 12.0 Å². The lowest BCUT2D eigenvalue weighted by atomic mass is 10.1. The SMILES string of the molecule is COC(=O)c1cc2cc(NC(=O)c3cc(NC(=O)NCCOc4cc5c(cc4OC)C(=O)N4c6ccccc6C[C@H]4C=N5)cn3C)ccc2s1. The lowest BCUT2D eigenvalue weighted by Gasteiger charge is -2.22. The topological polar surface area (TPSA) is 153 Å². The van der Waals surface area contributed by atoms with E-state index in [0.717, 1.165) is 21.3 Å². The molecule has 2 aromatic heterocycles. The Balaban J connectivity index is 0.936. The van der Waals surface area contributed by atoms with Crippen LogP contribution >= 0.6 is 11.3 Å². The number of aromatic nitrogens is 1. The number of amides is 4. The van der Waals surface area contributed by atoms with Gasteiger partial charge in [-0.1, -0.05) is 18.2 Å². The molecule has 4 heterocycles. The average Bonchev–Trinajstić information content (AvgIpc) is 3.80. The first-order valence-corrected chi connectivity index (χ1v) is 16.5. The highest BCUT2D eigenvalue weighted by atomic mass is 32.1. The molecular formula is C36H32N6O7S. The number of nitrogens with zero attached hydrogens (tertiary/aromatic N) is 3. The number of carbonyl (C=O) groups is 4. The predicted octanol–water partition coefficient (Wildman–Crippen LogP) is 5.78. The Bertz CT molecular complexity index is 2210. The number of rotatable bonds is 9. The molecule has 0 aliphatic carbocycles. The number of aliphatic imine (C=N–C) groups is 1. The van der Waals surface area contributed by atoms with Crippen molar-refractivity contribution in [1.82, 2.24) is 9.88 Å². The van der Waals surface area contributed by atoms with Crippen LogP contribution in [0.5, 0.6) is 11.5 Å². The number of fused-ring (bicyclic) bond motifs is 5. The normalized spacial score (nSPS) is 14.3. The van der Waals surface area contributed by atoms with Gasteiger partial charge in [-0.25, -0.2) is 9.59 Å². The van der Waals surface area contributed by atoms with Gasteiger partial charge in [0, 0.05) is 48.0 Å². The Morgan fingerprint density at radius 1 is 0.980 bits per heavy atom.